The lowest BCUT2D eigenvalue weighted by Gasteiger charge is -2.47. The Hall–Kier alpha value is -1.98. The molecule has 1 atom stereocenters. The summed E-state index contributed by atoms with van der Waals surface area (Å²) in [7, 11) is 3.39. The summed E-state index contributed by atoms with van der Waals surface area (Å²) in [5, 5.41) is 0.262. The molecule has 4 nitrogen and oxygen atoms in total. The summed E-state index contributed by atoms with van der Waals surface area (Å²) in [5.74, 6) is 0.533. The van der Waals surface area contributed by atoms with Gasteiger partial charge in [-0.25, -0.2) is 4.98 Å². The SMILES string of the molecule is CCC1(CC)CN(c2ccc(C(F)(F)F)c(C(=P)c3cccnc3)n2)CC[C@H]1N. The van der Waals surface area contributed by atoms with Gasteiger partial charge in [-0.2, -0.15) is 13.2 Å². The highest BCUT2D eigenvalue weighted by Gasteiger charge is 2.40. The minimum absolute atomic E-state index is 0.0628. The molecule has 29 heavy (non-hydrogen) atoms. The summed E-state index contributed by atoms with van der Waals surface area (Å²) in [6.45, 7) is 5.59. The van der Waals surface area contributed by atoms with Crippen molar-refractivity contribution >= 4 is 20.0 Å². The van der Waals surface area contributed by atoms with Crippen LogP contribution in [0.4, 0.5) is 19.0 Å². The van der Waals surface area contributed by atoms with E-state index < -0.39 is 11.7 Å². The van der Waals surface area contributed by atoms with Crippen molar-refractivity contribution in [3.8, 4) is 0 Å². The lowest BCUT2D eigenvalue weighted by Crippen LogP contribution is -2.55. The Labute approximate surface area is 171 Å². The molecule has 3 heterocycles. The molecule has 3 rings (SSSR count). The lowest BCUT2D eigenvalue weighted by atomic mass is 9.72. The predicted octanol–water partition coefficient (Wildman–Crippen LogP) is 4.55. The highest BCUT2D eigenvalue weighted by molar-refractivity contribution is 7.23. The molecule has 2 N–H and O–H groups in total. The predicted molar refractivity (Wildman–Crippen MR) is 113 cm³/mol. The number of piperidine rings is 1. The largest absolute Gasteiger partial charge is 0.418 e. The molecule has 2 aromatic rings. The highest BCUT2D eigenvalue weighted by atomic mass is 31.0. The first-order valence-electron chi connectivity index (χ1n) is 9.80. The van der Waals surface area contributed by atoms with Crippen LogP contribution in [-0.4, -0.2) is 34.4 Å². The van der Waals surface area contributed by atoms with Gasteiger partial charge >= 0.3 is 6.18 Å². The smallest absolute Gasteiger partial charge is 0.356 e. The van der Waals surface area contributed by atoms with Crippen molar-refractivity contribution in [1.82, 2.24) is 9.97 Å². The number of anilines is 1. The van der Waals surface area contributed by atoms with Gasteiger partial charge in [0.05, 0.1) is 11.3 Å². The number of halogens is 3. The molecule has 0 amide bonds. The molecular weight excluding hydrogens is 396 g/mol. The molecule has 2 aromatic heterocycles. The van der Waals surface area contributed by atoms with Crippen LogP contribution >= 0.6 is 8.86 Å². The topological polar surface area (TPSA) is 55.0 Å². The average molecular weight is 422 g/mol. The summed E-state index contributed by atoms with van der Waals surface area (Å²) < 4.78 is 41.0. The Morgan fingerprint density at radius 3 is 2.59 bits per heavy atom. The molecule has 0 bridgehead atoms. The van der Waals surface area contributed by atoms with Crippen molar-refractivity contribution in [1.29, 1.82) is 0 Å². The molecule has 1 aliphatic heterocycles. The van der Waals surface area contributed by atoms with E-state index in [0.717, 1.165) is 25.3 Å². The first kappa shape index (κ1) is 21.7. The van der Waals surface area contributed by atoms with Crippen LogP contribution in [0.2, 0.25) is 0 Å². The molecular formula is C21H26F3N4P. The van der Waals surface area contributed by atoms with E-state index in [2.05, 4.69) is 37.6 Å². The summed E-state index contributed by atoms with van der Waals surface area (Å²) in [4.78, 5) is 10.5. The number of hydrogen-bond donors (Lipinski definition) is 1. The van der Waals surface area contributed by atoms with Crippen LogP contribution in [-0.2, 0) is 6.18 Å². The van der Waals surface area contributed by atoms with E-state index in [1.54, 1.807) is 18.3 Å². The van der Waals surface area contributed by atoms with E-state index >= 15 is 0 Å². The van der Waals surface area contributed by atoms with Crippen LogP contribution in [0.3, 0.4) is 0 Å². The molecule has 156 valence electrons. The molecule has 0 unspecified atom stereocenters. The molecule has 0 radical (unpaired) electrons. The third kappa shape index (κ3) is 4.31. The van der Waals surface area contributed by atoms with E-state index in [-0.39, 0.29) is 22.4 Å². The highest BCUT2D eigenvalue weighted by Crippen LogP contribution is 2.39. The Morgan fingerprint density at radius 1 is 1.28 bits per heavy atom. The van der Waals surface area contributed by atoms with Crippen molar-refractivity contribution in [2.75, 3.05) is 18.0 Å². The van der Waals surface area contributed by atoms with Gasteiger partial charge in [-0.3, -0.25) is 4.98 Å². The van der Waals surface area contributed by atoms with Crippen molar-refractivity contribution in [2.45, 2.75) is 45.3 Å². The van der Waals surface area contributed by atoms with Gasteiger partial charge < -0.3 is 10.6 Å². The van der Waals surface area contributed by atoms with Gasteiger partial charge in [0, 0.05) is 47.8 Å². The molecule has 1 aliphatic rings. The van der Waals surface area contributed by atoms with Crippen molar-refractivity contribution < 1.29 is 13.2 Å². The first-order valence-corrected chi connectivity index (χ1v) is 10.3. The van der Waals surface area contributed by atoms with E-state index in [0.29, 0.717) is 24.5 Å². The summed E-state index contributed by atoms with van der Waals surface area (Å²) in [6.07, 6.45) is 1.19. The van der Waals surface area contributed by atoms with E-state index in [1.807, 2.05) is 0 Å². The molecule has 0 spiro atoms. The second-order valence-electron chi connectivity index (χ2n) is 7.57. The Bertz CT molecular complexity index is 866. The third-order valence-electron chi connectivity index (χ3n) is 6.11. The number of pyridine rings is 2. The van der Waals surface area contributed by atoms with Gasteiger partial charge in [0.25, 0.3) is 0 Å². The van der Waals surface area contributed by atoms with E-state index in [1.165, 1.54) is 12.3 Å². The van der Waals surface area contributed by atoms with Crippen LogP contribution in [0.1, 0.15) is 49.9 Å². The molecule has 1 fully saturated rings. The zero-order chi connectivity index (χ0) is 21.2. The quantitative estimate of drug-likeness (QED) is 0.719. The Balaban J connectivity index is 2.03. The third-order valence-corrected chi connectivity index (χ3v) is 6.63. The fourth-order valence-corrected chi connectivity index (χ4v) is 4.40. The van der Waals surface area contributed by atoms with Crippen molar-refractivity contribution in [3.63, 3.8) is 0 Å². The Kier molecular flexibility index (Phi) is 6.30. The number of nitrogens with zero attached hydrogens (tertiary/aromatic N) is 3. The number of alkyl halides is 3. The van der Waals surface area contributed by atoms with Crippen LogP contribution in [0.15, 0.2) is 36.7 Å². The molecule has 0 aromatic carbocycles. The normalized spacial score (nSPS) is 19.2. The van der Waals surface area contributed by atoms with Gasteiger partial charge in [0.15, 0.2) is 0 Å². The van der Waals surface area contributed by atoms with Gasteiger partial charge in [-0.05, 0) is 37.5 Å². The molecule has 1 saturated heterocycles. The standard InChI is InChI=1S/C21H26F3N4P/c1-3-20(4-2)13-28(11-9-16(20)25)17-8-7-15(21(22,23)24)18(27-17)19(29)14-6-5-10-26-12-14/h5-8,10,12,16,29H,3-4,9,11,13,25H2,1-2H3/t16-/m1/s1. The van der Waals surface area contributed by atoms with Crippen LogP contribution in [0, 0.1) is 5.41 Å². The number of nitrogens with two attached hydrogens (primary N) is 1. The molecule has 0 aliphatic carbocycles. The summed E-state index contributed by atoms with van der Waals surface area (Å²) in [6, 6.07) is 6.03. The summed E-state index contributed by atoms with van der Waals surface area (Å²) in [5.41, 5.74) is 5.96. The van der Waals surface area contributed by atoms with E-state index in [4.69, 9.17) is 5.73 Å². The number of hydrogen-bond acceptors (Lipinski definition) is 4. The second kappa shape index (κ2) is 8.41. The van der Waals surface area contributed by atoms with Crippen molar-refractivity contribution in [3.05, 3.63) is 53.5 Å². The minimum Gasteiger partial charge on any atom is -0.356 e. The molecule has 0 saturated carbocycles. The first-order chi connectivity index (χ1) is 13.7. The number of rotatable bonds is 5. The monoisotopic (exact) mass is 422 g/mol. The average Bonchev–Trinajstić information content (AvgIpc) is 2.73. The maximum absolute atomic E-state index is 13.7. The Morgan fingerprint density at radius 2 is 2.00 bits per heavy atom. The van der Waals surface area contributed by atoms with Gasteiger partial charge in [-0.15, -0.1) is 8.86 Å². The van der Waals surface area contributed by atoms with E-state index in [9.17, 15) is 13.2 Å². The zero-order valence-electron chi connectivity index (χ0n) is 16.6. The molecule has 8 heteroatoms. The fraction of sp³-hybridized carbons (Fsp3) is 0.476. The number of aromatic nitrogens is 2. The zero-order valence-corrected chi connectivity index (χ0v) is 17.6. The van der Waals surface area contributed by atoms with Crippen molar-refractivity contribution in [2.24, 2.45) is 11.1 Å². The van der Waals surface area contributed by atoms with Gasteiger partial charge in [-0.1, -0.05) is 19.9 Å². The second-order valence-corrected chi connectivity index (χ2v) is 8.07. The lowest BCUT2D eigenvalue weighted by molar-refractivity contribution is -0.137. The summed E-state index contributed by atoms with van der Waals surface area (Å²) >= 11 is 0. The van der Waals surface area contributed by atoms with Gasteiger partial charge in [0.2, 0.25) is 0 Å². The van der Waals surface area contributed by atoms with Crippen LogP contribution in [0.25, 0.3) is 0 Å². The minimum atomic E-state index is -4.51. The van der Waals surface area contributed by atoms with Crippen LogP contribution in [0.5, 0.6) is 0 Å². The fourth-order valence-electron chi connectivity index (χ4n) is 4.06. The van der Waals surface area contributed by atoms with Gasteiger partial charge in [0.1, 0.15) is 5.82 Å². The maximum atomic E-state index is 13.7. The van der Waals surface area contributed by atoms with Crippen LogP contribution < -0.4 is 10.6 Å². The maximum Gasteiger partial charge on any atom is 0.418 e.